The van der Waals surface area contributed by atoms with Crippen molar-refractivity contribution in [1.82, 2.24) is 0 Å². The Balaban J connectivity index is 1.44. The molecule has 3 aliphatic carbocycles. The minimum absolute atomic E-state index is 0.943. The monoisotopic (exact) mass is 464 g/mol. The molecule has 4 aromatic carbocycles. The quantitative estimate of drug-likeness (QED) is 0.170. The number of hydrogen-bond donors (Lipinski definition) is 0. The number of hydrogen-bond acceptors (Lipinski definition) is 0. The molecular formula is C34H28Si. The van der Waals surface area contributed by atoms with Crippen molar-refractivity contribution in [3.63, 3.8) is 0 Å². The Bertz CT molecular complexity index is 1650. The first kappa shape index (κ1) is 20.7. The molecule has 0 atom stereocenters. The Morgan fingerprint density at radius 1 is 0.543 bits per heavy atom. The maximum atomic E-state index is 3.68. The van der Waals surface area contributed by atoms with Crippen LogP contribution in [0.3, 0.4) is 0 Å². The van der Waals surface area contributed by atoms with Crippen LogP contribution in [0.15, 0.2) is 84.4 Å². The Morgan fingerprint density at radius 3 is 1.94 bits per heavy atom. The lowest BCUT2D eigenvalue weighted by atomic mass is 9.89. The lowest BCUT2D eigenvalue weighted by Gasteiger charge is -2.14. The highest BCUT2D eigenvalue weighted by atomic mass is 28.3. The summed E-state index contributed by atoms with van der Waals surface area (Å²) in [6.07, 6.45) is 2.99. The van der Waals surface area contributed by atoms with Gasteiger partial charge in [-0.3, -0.25) is 0 Å². The molecule has 0 unspecified atom stereocenters. The zero-order chi connectivity index (χ0) is 23.7. The van der Waals surface area contributed by atoms with E-state index in [9.17, 15) is 0 Å². The van der Waals surface area contributed by atoms with Gasteiger partial charge in [-0.2, -0.15) is 0 Å². The topological polar surface area (TPSA) is 0 Å². The van der Waals surface area contributed by atoms with Gasteiger partial charge in [0, 0.05) is 17.6 Å². The summed E-state index contributed by atoms with van der Waals surface area (Å²) in [6.45, 7) is 6.99. The predicted molar refractivity (Wildman–Crippen MR) is 150 cm³/mol. The molecule has 0 bridgehead atoms. The summed E-state index contributed by atoms with van der Waals surface area (Å²) >= 11 is 0. The molecule has 0 nitrogen and oxygen atoms in total. The highest BCUT2D eigenvalue weighted by molar-refractivity contribution is 6.83. The van der Waals surface area contributed by atoms with Crippen LogP contribution in [0.1, 0.15) is 38.9 Å². The van der Waals surface area contributed by atoms with Gasteiger partial charge in [-0.15, -0.1) is 5.54 Å². The first-order chi connectivity index (χ1) is 17.0. The first-order valence-electron chi connectivity index (χ1n) is 12.7. The Morgan fingerprint density at radius 2 is 1.14 bits per heavy atom. The molecular weight excluding hydrogens is 436 g/mol. The summed E-state index contributed by atoms with van der Waals surface area (Å²) in [5, 5.41) is 0. The summed E-state index contributed by atoms with van der Waals surface area (Å²) in [6, 6.07) is 29.7. The summed E-state index contributed by atoms with van der Waals surface area (Å²) in [7, 11) is -1.47. The van der Waals surface area contributed by atoms with Crippen molar-refractivity contribution >= 4 is 13.6 Å². The molecule has 4 aromatic rings. The van der Waals surface area contributed by atoms with Gasteiger partial charge in [-0.05, 0) is 86.2 Å². The van der Waals surface area contributed by atoms with Crippen LogP contribution in [0.25, 0.3) is 27.8 Å². The Hall–Kier alpha value is -3.60. The van der Waals surface area contributed by atoms with E-state index in [1.54, 1.807) is 0 Å². The van der Waals surface area contributed by atoms with E-state index in [1.165, 1.54) is 72.3 Å². The summed E-state index contributed by atoms with van der Waals surface area (Å²) in [5.74, 6) is 3.68. The number of benzene rings is 4. The van der Waals surface area contributed by atoms with E-state index in [2.05, 4.69) is 110 Å². The molecule has 35 heavy (non-hydrogen) atoms. The fraction of sp³-hybridized carbons (Fsp3) is 0.176. The number of rotatable bonds is 1. The SMILES string of the molecule is C[Si](C)(C)C#CC1=C(c2cccc3c2-c2cc4c(cc2C3)-c2ccccc2C4)c2ccccc2C1. The lowest BCUT2D eigenvalue weighted by molar-refractivity contribution is 1.24. The molecule has 0 saturated carbocycles. The molecule has 0 N–H and O–H groups in total. The minimum atomic E-state index is -1.47. The Kier molecular flexibility index (Phi) is 4.41. The second-order valence-corrected chi connectivity index (χ2v) is 16.0. The van der Waals surface area contributed by atoms with Crippen LogP contribution in [0, 0.1) is 11.5 Å². The van der Waals surface area contributed by atoms with Crippen molar-refractivity contribution in [3.8, 4) is 33.7 Å². The molecule has 3 aliphatic rings. The smallest absolute Gasteiger partial charge is 0.127 e. The Labute approximate surface area is 209 Å². The fourth-order valence-corrected chi connectivity index (χ4v) is 6.65. The van der Waals surface area contributed by atoms with Gasteiger partial charge in [-0.25, -0.2) is 0 Å². The lowest BCUT2D eigenvalue weighted by Crippen LogP contribution is -2.16. The standard InChI is InChI=1S/C34H28Si/c1-35(2,3)16-15-25-17-23-10-5-7-13-29(23)33(25)30-14-8-11-24-19-27-20-31-26(21-32(27)34(24)30)18-22-9-4-6-12-28(22)31/h4-14,20-21H,17-19H2,1-3H3. The van der Waals surface area contributed by atoms with E-state index >= 15 is 0 Å². The molecule has 0 fully saturated rings. The molecule has 0 spiro atoms. The van der Waals surface area contributed by atoms with E-state index in [0.29, 0.717) is 0 Å². The van der Waals surface area contributed by atoms with Crippen LogP contribution in [-0.4, -0.2) is 8.07 Å². The maximum Gasteiger partial charge on any atom is 0.129 e. The third kappa shape index (κ3) is 3.28. The molecule has 0 saturated heterocycles. The average molecular weight is 465 g/mol. The average Bonchev–Trinajstić information content (AvgIpc) is 3.51. The van der Waals surface area contributed by atoms with E-state index in [1.807, 2.05) is 0 Å². The van der Waals surface area contributed by atoms with Gasteiger partial charge in [-0.1, -0.05) is 92.3 Å². The van der Waals surface area contributed by atoms with E-state index in [0.717, 1.165) is 19.3 Å². The second kappa shape index (κ2) is 7.45. The zero-order valence-electron chi connectivity index (χ0n) is 20.6. The molecule has 0 radical (unpaired) electrons. The van der Waals surface area contributed by atoms with Gasteiger partial charge in [0.25, 0.3) is 0 Å². The largest absolute Gasteiger partial charge is 0.129 e. The predicted octanol–water partition coefficient (Wildman–Crippen LogP) is 8.07. The van der Waals surface area contributed by atoms with Crippen molar-refractivity contribution < 1.29 is 0 Å². The molecule has 168 valence electrons. The molecule has 0 aromatic heterocycles. The highest BCUT2D eigenvalue weighted by Gasteiger charge is 2.30. The van der Waals surface area contributed by atoms with Gasteiger partial charge >= 0.3 is 0 Å². The highest BCUT2D eigenvalue weighted by Crippen LogP contribution is 2.49. The van der Waals surface area contributed by atoms with Gasteiger partial charge in [0.1, 0.15) is 8.07 Å². The fourth-order valence-electron chi connectivity index (χ4n) is 6.12. The van der Waals surface area contributed by atoms with Gasteiger partial charge in [0.15, 0.2) is 0 Å². The van der Waals surface area contributed by atoms with Crippen LogP contribution < -0.4 is 0 Å². The molecule has 1 heteroatoms. The normalized spacial score (nSPS) is 14.6. The van der Waals surface area contributed by atoms with Crippen molar-refractivity contribution in [1.29, 1.82) is 0 Å². The van der Waals surface area contributed by atoms with Crippen LogP contribution in [-0.2, 0) is 19.3 Å². The van der Waals surface area contributed by atoms with E-state index in [-0.39, 0.29) is 0 Å². The third-order valence-electron chi connectivity index (χ3n) is 7.63. The molecule has 0 heterocycles. The minimum Gasteiger partial charge on any atom is -0.127 e. The van der Waals surface area contributed by atoms with Gasteiger partial charge in [0.2, 0.25) is 0 Å². The first-order valence-corrected chi connectivity index (χ1v) is 16.2. The van der Waals surface area contributed by atoms with E-state index in [4.69, 9.17) is 0 Å². The van der Waals surface area contributed by atoms with Crippen LogP contribution >= 0.6 is 0 Å². The van der Waals surface area contributed by atoms with Crippen molar-refractivity contribution in [3.05, 3.63) is 123 Å². The summed E-state index contributed by atoms with van der Waals surface area (Å²) in [4.78, 5) is 0. The van der Waals surface area contributed by atoms with Crippen molar-refractivity contribution in [2.45, 2.75) is 38.9 Å². The van der Waals surface area contributed by atoms with Gasteiger partial charge < -0.3 is 0 Å². The van der Waals surface area contributed by atoms with Crippen LogP contribution in [0.5, 0.6) is 0 Å². The number of fused-ring (bicyclic) bond motifs is 7. The number of allylic oxidation sites excluding steroid dienone is 1. The van der Waals surface area contributed by atoms with Crippen LogP contribution in [0.2, 0.25) is 19.6 Å². The molecule has 7 rings (SSSR count). The second-order valence-electron chi connectivity index (χ2n) is 11.2. The zero-order valence-corrected chi connectivity index (χ0v) is 21.6. The van der Waals surface area contributed by atoms with Crippen LogP contribution in [0.4, 0.5) is 0 Å². The van der Waals surface area contributed by atoms with Crippen molar-refractivity contribution in [2.75, 3.05) is 0 Å². The maximum absolute atomic E-state index is 3.68. The molecule has 0 amide bonds. The molecule has 0 aliphatic heterocycles. The van der Waals surface area contributed by atoms with Gasteiger partial charge in [0.05, 0.1) is 0 Å². The van der Waals surface area contributed by atoms with Crippen molar-refractivity contribution in [2.24, 2.45) is 0 Å². The summed E-state index contributed by atoms with van der Waals surface area (Å²) < 4.78 is 0. The summed E-state index contributed by atoms with van der Waals surface area (Å²) in [5.41, 5.74) is 22.0. The third-order valence-corrected chi connectivity index (χ3v) is 8.51. The van der Waals surface area contributed by atoms with E-state index < -0.39 is 8.07 Å².